The highest BCUT2D eigenvalue weighted by Gasteiger charge is 2.16. The van der Waals surface area contributed by atoms with Gasteiger partial charge in [0.1, 0.15) is 0 Å². The Bertz CT molecular complexity index is 442. The summed E-state index contributed by atoms with van der Waals surface area (Å²) in [6.07, 6.45) is 2.47. The Labute approximate surface area is 121 Å². The number of hydrogen-bond acceptors (Lipinski definition) is 3. The molecule has 0 aliphatic carbocycles. The Morgan fingerprint density at radius 3 is 2.50 bits per heavy atom. The van der Waals surface area contributed by atoms with Crippen molar-refractivity contribution in [2.45, 2.75) is 32.7 Å². The van der Waals surface area contributed by atoms with Crippen LogP contribution in [0.1, 0.15) is 26.7 Å². The van der Waals surface area contributed by atoms with Crippen molar-refractivity contribution < 1.29 is 4.79 Å². The molecule has 1 saturated heterocycles. The lowest BCUT2D eigenvalue weighted by molar-refractivity contribution is -0.118. The summed E-state index contributed by atoms with van der Waals surface area (Å²) in [5.41, 5.74) is 1.97. The van der Waals surface area contributed by atoms with Crippen LogP contribution in [0.4, 0.5) is 11.4 Å². The van der Waals surface area contributed by atoms with E-state index >= 15 is 0 Å². The van der Waals surface area contributed by atoms with Crippen molar-refractivity contribution in [2.24, 2.45) is 5.92 Å². The average Bonchev–Trinajstić information content (AvgIpc) is 2.41. The van der Waals surface area contributed by atoms with E-state index in [-0.39, 0.29) is 11.8 Å². The molecule has 0 radical (unpaired) electrons. The Kier molecular flexibility index (Phi) is 5.01. The molecule has 1 amide bonds. The van der Waals surface area contributed by atoms with Crippen molar-refractivity contribution in [3.05, 3.63) is 24.3 Å². The highest BCUT2D eigenvalue weighted by molar-refractivity contribution is 5.92. The molecule has 0 aromatic heterocycles. The molecule has 0 spiro atoms. The smallest absolute Gasteiger partial charge is 0.226 e. The van der Waals surface area contributed by atoms with Crippen LogP contribution in [0.5, 0.6) is 0 Å². The van der Waals surface area contributed by atoms with Crippen molar-refractivity contribution in [1.29, 1.82) is 0 Å². The van der Waals surface area contributed by atoms with Gasteiger partial charge >= 0.3 is 0 Å². The predicted octanol–water partition coefficient (Wildman–Crippen LogP) is 2.79. The molecule has 1 aliphatic heterocycles. The minimum Gasteiger partial charge on any atom is -0.381 e. The zero-order valence-electron chi connectivity index (χ0n) is 12.6. The van der Waals surface area contributed by atoms with E-state index < -0.39 is 0 Å². The third-order valence-corrected chi connectivity index (χ3v) is 3.67. The molecule has 1 fully saturated rings. The second-order valence-electron chi connectivity index (χ2n) is 5.97. The molecule has 1 unspecified atom stereocenters. The molecule has 110 valence electrons. The number of rotatable bonds is 4. The summed E-state index contributed by atoms with van der Waals surface area (Å²) >= 11 is 0. The molecule has 1 aromatic rings. The van der Waals surface area contributed by atoms with Crippen molar-refractivity contribution in [3.8, 4) is 0 Å². The third-order valence-electron chi connectivity index (χ3n) is 3.67. The van der Waals surface area contributed by atoms with E-state index in [4.69, 9.17) is 0 Å². The lowest BCUT2D eigenvalue weighted by Crippen LogP contribution is -2.39. The second kappa shape index (κ2) is 6.75. The molecule has 1 heterocycles. The van der Waals surface area contributed by atoms with Crippen molar-refractivity contribution >= 4 is 17.3 Å². The molecular weight excluding hydrogens is 250 g/mol. The monoisotopic (exact) mass is 275 g/mol. The van der Waals surface area contributed by atoms with Gasteiger partial charge in [-0.15, -0.1) is 0 Å². The number of likely N-dealkylation sites (tertiary alicyclic amines) is 1. The molecule has 20 heavy (non-hydrogen) atoms. The third kappa shape index (κ3) is 4.23. The summed E-state index contributed by atoms with van der Waals surface area (Å²) in [4.78, 5) is 14.0. The predicted molar refractivity (Wildman–Crippen MR) is 84.1 cm³/mol. The van der Waals surface area contributed by atoms with Crippen LogP contribution in [0.2, 0.25) is 0 Å². The fraction of sp³-hybridized carbons (Fsp3) is 0.562. The molecular formula is C16H25N3O. The number of nitrogens with one attached hydrogen (secondary N) is 2. The van der Waals surface area contributed by atoms with Crippen molar-refractivity contribution in [3.63, 3.8) is 0 Å². The van der Waals surface area contributed by atoms with Crippen LogP contribution in [-0.4, -0.2) is 37.0 Å². The Morgan fingerprint density at radius 1 is 1.25 bits per heavy atom. The quantitative estimate of drug-likeness (QED) is 0.888. The fourth-order valence-corrected chi connectivity index (χ4v) is 2.46. The van der Waals surface area contributed by atoms with Crippen LogP contribution in [-0.2, 0) is 4.79 Å². The molecule has 1 atom stereocenters. The van der Waals surface area contributed by atoms with E-state index in [9.17, 15) is 4.79 Å². The standard InChI is InChI=1S/C16H25N3O/c1-12(2)16(20)18-14-8-6-13(7-9-14)17-15-5-4-10-19(3)11-15/h6-9,12,15,17H,4-5,10-11H2,1-3H3,(H,18,20). The van der Waals surface area contributed by atoms with Crippen LogP contribution in [0.15, 0.2) is 24.3 Å². The van der Waals surface area contributed by atoms with Gasteiger partial charge in [0.25, 0.3) is 0 Å². The summed E-state index contributed by atoms with van der Waals surface area (Å²) < 4.78 is 0. The van der Waals surface area contributed by atoms with E-state index in [0.29, 0.717) is 6.04 Å². The van der Waals surface area contributed by atoms with Crippen molar-refractivity contribution in [1.82, 2.24) is 4.90 Å². The first-order chi connectivity index (χ1) is 9.54. The second-order valence-corrected chi connectivity index (χ2v) is 5.97. The number of piperidine rings is 1. The minimum atomic E-state index is 0.00516. The van der Waals surface area contributed by atoms with Gasteiger partial charge < -0.3 is 15.5 Å². The topological polar surface area (TPSA) is 44.4 Å². The first kappa shape index (κ1) is 14.9. The molecule has 2 N–H and O–H groups in total. The molecule has 2 rings (SSSR count). The maximum absolute atomic E-state index is 11.6. The molecule has 1 aliphatic rings. The van der Waals surface area contributed by atoms with E-state index in [2.05, 4.69) is 22.6 Å². The largest absolute Gasteiger partial charge is 0.381 e. The van der Waals surface area contributed by atoms with Crippen LogP contribution in [0.3, 0.4) is 0 Å². The van der Waals surface area contributed by atoms with Crippen LogP contribution in [0, 0.1) is 5.92 Å². The fourth-order valence-electron chi connectivity index (χ4n) is 2.46. The van der Waals surface area contributed by atoms with Crippen LogP contribution < -0.4 is 10.6 Å². The SMILES string of the molecule is CC(C)C(=O)Nc1ccc(NC2CCCN(C)C2)cc1. The number of nitrogens with zero attached hydrogens (tertiary/aromatic N) is 1. The van der Waals surface area contributed by atoms with E-state index in [0.717, 1.165) is 17.9 Å². The van der Waals surface area contributed by atoms with Gasteiger partial charge in [-0.2, -0.15) is 0 Å². The van der Waals surface area contributed by atoms with E-state index in [1.807, 2.05) is 38.1 Å². The first-order valence-corrected chi connectivity index (χ1v) is 7.40. The normalized spacial score (nSPS) is 19.9. The summed E-state index contributed by atoms with van der Waals surface area (Å²) in [6, 6.07) is 8.49. The van der Waals surface area contributed by atoms with Gasteiger partial charge in [-0.05, 0) is 50.7 Å². The molecule has 1 aromatic carbocycles. The number of anilines is 2. The Morgan fingerprint density at radius 2 is 1.90 bits per heavy atom. The first-order valence-electron chi connectivity index (χ1n) is 7.40. The van der Waals surface area contributed by atoms with Gasteiger partial charge in [0.05, 0.1) is 0 Å². The maximum Gasteiger partial charge on any atom is 0.226 e. The lowest BCUT2D eigenvalue weighted by Gasteiger charge is -2.30. The van der Waals surface area contributed by atoms with Crippen LogP contribution >= 0.6 is 0 Å². The number of hydrogen-bond donors (Lipinski definition) is 2. The van der Waals surface area contributed by atoms with Gasteiger partial charge in [0.15, 0.2) is 0 Å². The number of carbonyl (C=O) groups excluding carboxylic acids is 1. The number of carbonyl (C=O) groups is 1. The lowest BCUT2D eigenvalue weighted by atomic mass is 10.1. The summed E-state index contributed by atoms with van der Waals surface area (Å²) in [5, 5.41) is 6.46. The van der Waals surface area contributed by atoms with E-state index in [1.54, 1.807) is 0 Å². The number of likely N-dealkylation sites (N-methyl/N-ethyl adjacent to an activating group) is 1. The van der Waals surface area contributed by atoms with Gasteiger partial charge in [0.2, 0.25) is 5.91 Å². The number of benzene rings is 1. The molecule has 4 nitrogen and oxygen atoms in total. The zero-order chi connectivity index (χ0) is 14.5. The summed E-state index contributed by atoms with van der Waals surface area (Å²) in [6.45, 7) is 6.07. The molecule has 4 heteroatoms. The highest BCUT2D eigenvalue weighted by atomic mass is 16.1. The van der Waals surface area contributed by atoms with Gasteiger partial charge in [-0.25, -0.2) is 0 Å². The Hall–Kier alpha value is -1.55. The molecule has 0 saturated carbocycles. The van der Waals surface area contributed by atoms with E-state index in [1.165, 1.54) is 19.4 Å². The Balaban J connectivity index is 1.89. The maximum atomic E-state index is 11.6. The van der Waals surface area contributed by atoms with Gasteiger partial charge in [-0.3, -0.25) is 4.79 Å². The van der Waals surface area contributed by atoms with Gasteiger partial charge in [-0.1, -0.05) is 13.8 Å². The summed E-state index contributed by atoms with van der Waals surface area (Å²) in [5.74, 6) is 0.0604. The van der Waals surface area contributed by atoms with Gasteiger partial charge in [0, 0.05) is 29.9 Å². The average molecular weight is 275 g/mol. The molecule has 0 bridgehead atoms. The van der Waals surface area contributed by atoms with Crippen molar-refractivity contribution in [2.75, 3.05) is 30.8 Å². The minimum absolute atomic E-state index is 0.00516. The zero-order valence-corrected chi connectivity index (χ0v) is 12.6. The number of amides is 1. The van der Waals surface area contributed by atoms with Crippen LogP contribution in [0.25, 0.3) is 0 Å². The summed E-state index contributed by atoms with van der Waals surface area (Å²) in [7, 11) is 2.17. The highest BCUT2D eigenvalue weighted by Crippen LogP contribution is 2.18.